The monoisotopic (exact) mass is 446 g/mol. The molecule has 0 bridgehead atoms. The van der Waals surface area contributed by atoms with Crippen LogP contribution in [-0.4, -0.2) is 40.5 Å². The van der Waals surface area contributed by atoms with Gasteiger partial charge >= 0.3 is 6.18 Å². The van der Waals surface area contributed by atoms with E-state index in [0.29, 0.717) is 12.8 Å². The molecular formula is C20H23F5N4O2. The summed E-state index contributed by atoms with van der Waals surface area (Å²) in [5.74, 6) is -3.03. The topological polar surface area (TPSA) is 79.0 Å². The second kappa shape index (κ2) is 8.55. The third kappa shape index (κ3) is 6.24. The number of halogens is 5. The standard InChI is InChI=1S/C20H23F5N4O2/c21-19(22)6-8-28(9-7-19)16-10-17(31)29(12-14(30)11-18(13-26)4-5-18)15(27-16)2-1-3-20(23,24)25/h10H,1-9,11-12H2. The van der Waals surface area contributed by atoms with E-state index in [9.17, 15) is 31.5 Å². The van der Waals surface area contributed by atoms with Crippen molar-refractivity contribution in [3.05, 3.63) is 22.2 Å². The maximum absolute atomic E-state index is 13.4. The third-order valence-corrected chi connectivity index (χ3v) is 5.71. The number of aryl methyl sites for hydroxylation is 1. The molecule has 0 spiro atoms. The number of nitrogens with zero attached hydrogens (tertiary/aromatic N) is 4. The Morgan fingerprint density at radius 3 is 2.39 bits per heavy atom. The van der Waals surface area contributed by atoms with Crippen LogP contribution in [0.3, 0.4) is 0 Å². The predicted molar refractivity (Wildman–Crippen MR) is 101 cm³/mol. The predicted octanol–water partition coefficient (Wildman–Crippen LogP) is 3.63. The van der Waals surface area contributed by atoms with E-state index in [-0.39, 0.29) is 56.3 Å². The molecule has 170 valence electrons. The molecule has 31 heavy (non-hydrogen) atoms. The van der Waals surface area contributed by atoms with Crippen LogP contribution in [0.25, 0.3) is 0 Å². The second-order valence-corrected chi connectivity index (χ2v) is 8.37. The summed E-state index contributed by atoms with van der Waals surface area (Å²) in [6.07, 6.45) is -5.61. The van der Waals surface area contributed by atoms with Crippen molar-refractivity contribution in [3.8, 4) is 6.07 Å². The Kier molecular flexibility index (Phi) is 6.39. The Bertz CT molecular complexity index is 921. The van der Waals surface area contributed by atoms with Crippen molar-refractivity contribution in [3.63, 3.8) is 0 Å². The number of nitriles is 1. The summed E-state index contributed by atoms with van der Waals surface area (Å²) in [7, 11) is 0. The second-order valence-electron chi connectivity index (χ2n) is 8.37. The molecule has 11 heteroatoms. The molecule has 0 radical (unpaired) electrons. The number of Topliss-reactive ketones (excluding diaryl/α,β-unsaturated/α-hetero) is 1. The highest BCUT2D eigenvalue weighted by Gasteiger charge is 2.44. The number of rotatable bonds is 8. The van der Waals surface area contributed by atoms with Gasteiger partial charge in [0.2, 0.25) is 0 Å². The van der Waals surface area contributed by atoms with Crippen LogP contribution in [0.2, 0.25) is 0 Å². The fourth-order valence-electron chi connectivity index (χ4n) is 3.66. The highest BCUT2D eigenvalue weighted by Crippen LogP contribution is 2.48. The van der Waals surface area contributed by atoms with Gasteiger partial charge in [-0.25, -0.2) is 13.8 Å². The van der Waals surface area contributed by atoms with E-state index >= 15 is 0 Å². The fourth-order valence-corrected chi connectivity index (χ4v) is 3.66. The largest absolute Gasteiger partial charge is 0.389 e. The molecular weight excluding hydrogens is 423 g/mol. The van der Waals surface area contributed by atoms with Crippen LogP contribution in [0.1, 0.15) is 50.8 Å². The van der Waals surface area contributed by atoms with Crippen LogP contribution >= 0.6 is 0 Å². The molecule has 2 fully saturated rings. The quantitative estimate of drug-likeness (QED) is 0.570. The van der Waals surface area contributed by atoms with Crippen molar-refractivity contribution >= 4 is 11.6 Å². The molecule has 3 rings (SSSR count). The zero-order chi connectivity index (χ0) is 22.9. The van der Waals surface area contributed by atoms with E-state index in [1.807, 2.05) is 0 Å². The van der Waals surface area contributed by atoms with Crippen molar-refractivity contribution < 1.29 is 26.7 Å². The van der Waals surface area contributed by atoms with Crippen molar-refractivity contribution in [1.29, 1.82) is 5.26 Å². The van der Waals surface area contributed by atoms with Crippen molar-refractivity contribution in [1.82, 2.24) is 9.55 Å². The summed E-state index contributed by atoms with van der Waals surface area (Å²) < 4.78 is 65.6. The zero-order valence-electron chi connectivity index (χ0n) is 16.9. The molecule has 1 aliphatic carbocycles. The lowest BCUT2D eigenvalue weighted by Crippen LogP contribution is -2.41. The van der Waals surface area contributed by atoms with Crippen LogP contribution < -0.4 is 10.5 Å². The molecule has 1 saturated carbocycles. The summed E-state index contributed by atoms with van der Waals surface area (Å²) in [5, 5.41) is 9.14. The normalized spacial score (nSPS) is 19.7. The van der Waals surface area contributed by atoms with Gasteiger partial charge in [0.1, 0.15) is 11.6 Å². The fraction of sp³-hybridized carbons (Fsp3) is 0.700. The molecule has 6 nitrogen and oxygen atoms in total. The highest BCUT2D eigenvalue weighted by atomic mass is 19.4. The van der Waals surface area contributed by atoms with E-state index < -0.39 is 42.3 Å². The molecule has 1 aromatic rings. The first kappa shape index (κ1) is 23.2. The van der Waals surface area contributed by atoms with Crippen molar-refractivity contribution in [2.45, 2.75) is 70.0 Å². The SMILES string of the molecule is N#CC1(CC(=O)Cn2c(CCCC(F)(F)F)nc(N3CCC(F)(F)CC3)cc2=O)CC1. The molecule has 0 amide bonds. The molecule has 1 aromatic heterocycles. The molecule has 2 aliphatic rings. The summed E-state index contributed by atoms with van der Waals surface area (Å²) in [6, 6.07) is 3.22. The van der Waals surface area contributed by atoms with Gasteiger partial charge in [0.25, 0.3) is 11.5 Å². The van der Waals surface area contributed by atoms with Gasteiger partial charge in [-0.05, 0) is 19.3 Å². The van der Waals surface area contributed by atoms with Crippen LogP contribution in [-0.2, 0) is 17.8 Å². The molecule has 2 heterocycles. The van der Waals surface area contributed by atoms with Gasteiger partial charge in [0.05, 0.1) is 18.0 Å². The summed E-state index contributed by atoms with van der Waals surface area (Å²) in [5.41, 5.74) is -1.33. The number of carbonyl (C=O) groups is 1. The van der Waals surface area contributed by atoms with Gasteiger partial charge in [0.15, 0.2) is 5.78 Å². The molecule has 0 unspecified atom stereocenters. The van der Waals surface area contributed by atoms with Crippen LogP contribution in [0.5, 0.6) is 0 Å². The summed E-state index contributed by atoms with van der Waals surface area (Å²) in [4.78, 5) is 30.9. The molecule has 1 saturated heterocycles. The smallest absolute Gasteiger partial charge is 0.356 e. The lowest BCUT2D eigenvalue weighted by Gasteiger charge is -2.32. The Morgan fingerprint density at radius 2 is 1.84 bits per heavy atom. The number of aromatic nitrogens is 2. The van der Waals surface area contributed by atoms with Crippen molar-refractivity contribution in [2.24, 2.45) is 5.41 Å². The molecule has 1 aliphatic heterocycles. The van der Waals surface area contributed by atoms with Crippen LogP contribution in [0, 0.1) is 16.7 Å². The molecule has 0 N–H and O–H groups in total. The van der Waals surface area contributed by atoms with Gasteiger partial charge in [-0.2, -0.15) is 18.4 Å². The van der Waals surface area contributed by atoms with Gasteiger partial charge in [-0.1, -0.05) is 0 Å². The Labute approximate surface area is 175 Å². The Balaban J connectivity index is 1.81. The Morgan fingerprint density at radius 1 is 1.19 bits per heavy atom. The lowest BCUT2D eigenvalue weighted by atomic mass is 10.0. The molecule has 0 atom stereocenters. The zero-order valence-corrected chi connectivity index (χ0v) is 16.9. The number of alkyl halides is 5. The van der Waals surface area contributed by atoms with Crippen LogP contribution in [0.4, 0.5) is 27.8 Å². The third-order valence-electron chi connectivity index (χ3n) is 5.71. The first-order valence-corrected chi connectivity index (χ1v) is 10.2. The number of carbonyl (C=O) groups excluding carboxylic acids is 1. The average Bonchev–Trinajstić information content (AvgIpc) is 3.43. The van der Waals surface area contributed by atoms with Crippen LogP contribution in [0.15, 0.2) is 10.9 Å². The minimum Gasteiger partial charge on any atom is -0.356 e. The van der Waals surface area contributed by atoms with E-state index in [2.05, 4.69) is 11.1 Å². The highest BCUT2D eigenvalue weighted by molar-refractivity contribution is 5.80. The van der Waals surface area contributed by atoms with Gasteiger partial charge < -0.3 is 4.90 Å². The maximum atomic E-state index is 13.4. The van der Waals surface area contributed by atoms with E-state index in [1.54, 1.807) is 0 Å². The van der Waals surface area contributed by atoms with Gasteiger partial charge in [0, 0.05) is 51.3 Å². The number of piperidine rings is 1. The lowest BCUT2D eigenvalue weighted by molar-refractivity contribution is -0.135. The average molecular weight is 446 g/mol. The number of ketones is 1. The first-order valence-electron chi connectivity index (χ1n) is 10.2. The van der Waals surface area contributed by atoms with E-state index in [1.165, 1.54) is 4.90 Å². The summed E-state index contributed by atoms with van der Waals surface area (Å²) >= 11 is 0. The van der Waals surface area contributed by atoms with E-state index in [0.717, 1.165) is 10.6 Å². The first-order chi connectivity index (χ1) is 14.4. The number of anilines is 1. The van der Waals surface area contributed by atoms with Gasteiger partial charge in [-0.3, -0.25) is 14.2 Å². The summed E-state index contributed by atoms with van der Waals surface area (Å²) in [6.45, 7) is -0.445. The number of hydrogen-bond donors (Lipinski definition) is 0. The Hall–Kier alpha value is -2.51. The maximum Gasteiger partial charge on any atom is 0.389 e. The van der Waals surface area contributed by atoms with Crippen molar-refractivity contribution in [2.75, 3.05) is 18.0 Å². The molecule has 0 aromatic carbocycles. The van der Waals surface area contributed by atoms with Gasteiger partial charge in [-0.15, -0.1) is 0 Å². The minimum absolute atomic E-state index is 0.0132. The number of hydrogen-bond acceptors (Lipinski definition) is 5. The van der Waals surface area contributed by atoms with E-state index in [4.69, 9.17) is 5.26 Å². The minimum atomic E-state index is -4.37.